The highest BCUT2D eigenvalue weighted by Crippen LogP contribution is 2.26. The molecule has 0 aliphatic rings. The lowest BCUT2D eigenvalue weighted by Crippen LogP contribution is -1.98. The van der Waals surface area contributed by atoms with Crippen LogP contribution in [0.5, 0.6) is 0 Å². The Kier molecular flexibility index (Phi) is 3.15. The third kappa shape index (κ3) is 2.15. The number of nitrogens with zero attached hydrogens (tertiary/aromatic N) is 3. The number of hydrogen-bond acceptors (Lipinski definition) is 2. The summed E-state index contributed by atoms with van der Waals surface area (Å²) in [5.41, 5.74) is 2.54. The first-order valence-electron chi connectivity index (χ1n) is 6.50. The number of benzene rings is 2. The third-order valence-corrected chi connectivity index (χ3v) is 3.37. The quantitative estimate of drug-likeness (QED) is 0.716. The van der Waals surface area contributed by atoms with Crippen LogP contribution in [0.15, 0.2) is 36.4 Å². The van der Waals surface area contributed by atoms with E-state index in [0.717, 1.165) is 17.6 Å². The molecule has 0 saturated heterocycles. The van der Waals surface area contributed by atoms with Gasteiger partial charge in [0.15, 0.2) is 11.6 Å². The van der Waals surface area contributed by atoms with Crippen LogP contribution in [0.1, 0.15) is 12.5 Å². The molecule has 1 heterocycles. The number of hydrogen-bond donors (Lipinski definition) is 0. The van der Waals surface area contributed by atoms with Gasteiger partial charge in [0.05, 0.1) is 22.7 Å². The fourth-order valence-corrected chi connectivity index (χ4v) is 2.38. The van der Waals surface area contributed by atoms with E-state index < -0.39 is 11.6 Å². The predicted octanol–water partition coefficient (Wildman–Crippen LogP) is 3.87. The van der Waals surface area contributed by atoms with E-state index in [4.69, 9.17) is 5.26 Å². The second-order valence-electron chi connectivity index (χ2n) is 4.62. The molecule has 0 bridgehead atoms. The maximum absolute atomic E-state index is 13.4. The lowest BCUT2D eigenvalue weighted by molar-refractivity contribution is 0.509. The van der Waals surface area contributed by atoms with Gasteiger partial charge in [-0.3, -0.25) is 0 Å². The fraction of sp³-hybridized carbons (Fsp3) is 0.125. The minimum absolute atomic E-state index is 0.505. The van der Waals surface area contributed by atoms with Crippen molar-refractivity contribution in [3.63, 3.8) is 0 Å². The van der Waals surface area contributed by atoms with Crippen LogP contribution in [-0.2, 0) is 6.54 Å². The molecule has 3 rings (SSSR count). The van der Waals surface area contributed by atoms with Crippen molar-refractivity contribution in [2.45, 2.75) is 13.5 Å². The summed E-state index contributed by atoms with van der Waals surface area (Å²) in [6, 6.07) is 11.0. The van der Waals surface area contributed by atoms with Crippen molar-refractivity contribution in [1.82, 2.24) is 9.55 Å². The average molecular weight is 283 g/mol. The summed E-state index contributed by atoms with van der Waals surface area (Å²) in [6.07, 6.45) is 0. The van der Waals surface area contributed by atoms with Crippen molar-refractivity contribution in [3.8, 4) is 17.5 Å². The molecule has 0 amide bonds. The molecule has 3 nitrogen and oxygen atoms in total. The van der Waals surface area contributed by atoms with E-state index in [9.17, 15) is 8.78 Å². The molecular weight excluding hydrogens is 272 g/mol. The Labute approximate surface area is 120 Å². The molecule has 0 spiro atoms. The van der Waals surface area contributed by atoms with Gasteiger partial charge in [-0.1, -0.05) is 0 Å². The van der Waals surface area contributed by atoms with E-state index in [1.54, 1.807) is 12.1 Å². The molecule has 0 fully saturated rings. The van der Waals surface area contributed by atoms with E-state index in [2.05, 4.69) is 11.1 Å². The Hall–Kier alpha value is -2.74. The highest BCUT2D eigenvalue weighted by molar-refractivity contribution is 5.82. The van der Waals surface area contributed by atoms with Gasteiger partial charge in [-0.2, -0.15) is 5.26 Å². The molecule has 3 aromatic rings. The SMILES string of the molecule is CCn1c(-c2ccc(F)c(F)c2)nc2cc(C#N)ccc21. The van der Waals surface area contributed by atoms with Crippen molar-refractivity contribution in [1.29, 1.82) is 5.26 Å². The molecule has 2 aromatic carbocycles. The van der Waals surface area contributed by atoms with E-state index in [1.807, 2.05) is 17.6 Å². The largest absolute Gasteiger partial charge is 0.324 e. The number of rotatable bonds is 2. The van der Waals surface area contributed by atoms with Gasteiger partial charge in [-0.25, -0.2) is 13.8 Å². The van der Waals surface area contributed by atoms with Crippen molar-refractivity contribution >= 4 is 11.0 Å². The zero-order valence-corrected chi connectivity index (χ0v) is 11.3. The maximum Gasteiger partial charge on any atom is 0.159 e. The summed E-state index contributed by atoms with van der Waals surface area (Å²) < 4.78 is 28.4. The zero-order chi connectivity index (χ0) is 15.0. The average Bonchev–Trinajstić information content (AvgIpc) is 2.87. The lowest BCUT2D eigenvalue weighted by atomic mass is 10.2. The molecular formula is C16H11F2N3. The van der Waals surface area contributed by atoms with Crippen molar-refractivity contribution in [3.05, 3.63) is 53.6 Å². The van der Waals surface area contributed by atoms with E-state index in [-0.39, 0.29) is 0 Å². The molecule has 0 aliphatic heterocycles. The van der Waals surface area contributed by atoms with Gasteiger partial charge in [0.1, 0.15) is 5.82 Å². The molecule has 1 aromatic heterocycles. The monoisotopic (exact) mass is 283 g/mol. The number of aromatic nitrogens is 2. The van der Waals surface area contributed by atoms with Crippen LogP contribution in [-0.4, -0.2) is 9.55 Å². The first kappa shape index (κ1) is 13.3. The number of aryl methyl sites for hydroxylation is 1. The molecule has 0 atom stereocenters. The first-order chi connectivity index (χ1) is 10.1. The van der Waals surface area contributed by atoms with Gasteiger partial charge < -0.3 is 4.57 Å². The fourth-order valence-electron chi connectivity index (χ4n) is 2.38. The van der Waals surface area contributed by atoms with Crippen LogP contribution in [0.3, 0.4) is 0 Å². The Morgan fingerprint density at radius 2 is 1.95 bits per heavy atom. The van der Waals surface area contributed by atoms with E-state index in [0.29, 0.717) is 29.0 Å². The van der Waals surface area contributed by atoms with Crippen LogP contribution in [0, 0.1) is 23.0 Å². The molecule has 0 unspecified atom stereocenters. The van der Waals surface area contributed by atoms with Gasteiger partial charge in [0, 0.05) is 12.1 Å². The van der Waals surface area contributed by atoms with Gasteiger partial charge in [0.25, 0.3) is 0 Å². The molecule has 21 heavy (non-hydrogen) atoms. The summed E-state index contributed by atoms with van der Waals surface area (Å²) in [6.45, 7) is 2.58. The lowest BCUT2D eigenvalue weighted by Gasteiger charge is -2.06. The summed E-state index contributed by atoms with van der Waals surface area (Å²) in [5.74, 6) is -1.23. The second kappa shape index (κ2) is 4.98. The standard InChI is InChI=1S/C16H11F2N3/c1-2-21-15-6-3-10(9-19)7-14(15)20-16(21)11-4-5-12(17)13(18)8-11/h3-8H,2H2,1H3. The molecule has 5 heteroatoms. The Bertz CT molecular complexity index is 875. The Morgan fingerprint density at radius 1 is 1.14 bits per heavy atom. The highest BCUT2D eigenvalue weighted by Gasteiger charge is 2.13. The molecule has 0 aliphatic carbocycles. The number of fused-ring (bicyclic) bond motifs is 1. The topological polar surface area (TPSA) is 41.6 Å². The van der Waals surface area contributed by atoms with E-state index in [1.165, 1.54) is 6.07 Å². The van der Waals surface area contributed by atoms with Crippen molar-refractivity contribution in [2.75, 3.05) is 0 Å². The first-order valence-corrected chi connectivity index (χ1v) is 6.50. The van der Waals surface area contributed by atoms with Crippen LogP contribution in [0.4, 0.5) is 8.78 Å². The van der Waals surface area contributed by atoms with Crippen molar-refractivity contribution in [2.24, 2.45) is 0 Å². The molecule has 0 N–H and O–H groups in total. The smallest absolute Gasteiger partial charge is 0.159 e. The van der Waals surface area contributed by atoms with Crippen LogP contribution >= 0.6 is 0 Å². The van der Waals surface area contributed by atoms with Crippen molar-refractivity contribution < 1.29 is 8.78 Å². The second-order valence-corrected chi connectivity index (χ2v) is 4.62. The number of nitriles is 1. The minimum Gasteiger partial charge on any atom is -0.324 e. The van der Waals surface area contributed by atoms with E-state index >= 15 is 0 Å². The molecule has 0 radical (unpaired) electrons. The van der Waals surface area contributed by atoms with Gasteiger partial charge >= 0.3 is 0 Å². The zero-order valence-electron chi connectivity index (χ0n) is 11.3. The summed E-state index contributed by atoms with van der Waals surface area (Å²) >= 11 is 0. The summed E-state index contributed by atoms with van der Waals surface area (Å²) in [4.78, 5) is 4.46. The third-order valence-electron chi connectivity index (χ3n) is 3.37. The van der Waals surface area contributed by atoms with Crippen LogP contribution in [0.25, 0.3) is 22.4 Å². The maximum atomic E-state index is 13.4. The molecule has 104 valence electrons. The van der Waals surface area contributed by atoms with Crippen LogP contribution in [0.2, 0.25) is 0 Å². The summed E-state index contributed by atoms with van der Waals surface area (Å²) in [5, 5.41) is 8.94. The Morgan fingerprint density at radius 3 is 2.62 bits per heavy atom. The molecule has 0 saturated carbocycles. The normalized spacial score (nSPS) is 10.8. The van der Waals surface area contributed by atoms with Gasteiger partial charge in [-0.05, 0) is 43.3 Å². The number of imidazole rings is 1. The van der Waals surface area contributed by atoms with Gasteiger partial charge in [0.2, 0.25) is 0 Å². The van der Waals surface area contributed by atoms with Gasteiger partial charge in [-0.15, -0.1) is 0 Å². The Balaban J connectivity index is 2.26. The highest BCUT2D eigenvalue weighted by atomic mass is 19.2. The number of halogens is 2. The summed E-state index contributed by atoms with van der Waals surface area (Å²) in [7, 11) is 0. The minimum atomic E-state index is -0.903. The predicted molar refractivity (Wildman–Crippen MR) is 75.5 cm³/mol. The van der Waals surface area contributed by atoms with Crippen LogP contribution < -0.4 is 0 Å².